The van der Waals surface area contributed by atoms with Gasteiger partial charge in [-0.3, -0.25) is 14.5 Å². The lowest BCUT2D eigenvalue weighted by molar-refractivity contribution is -0.137. The van der Waals surface area contributed by atoms with Crippen LogP contribution in [0.4, 0.5) is 24.5 Å². The van der Waals surface area contributed by atoms with Crippen LogP contribution in [0.15, 0.2) is 72.4 Å². The molecule has 0 aliphatic carbocycles. The third-order valence-electron chi connectivity index (χ3n) is 4.28. The number of hydrogen-bond acceptors (Lipinski definition) is 3. The number of carbonyl (C=O) groups excluding carboxylic acids is 2. The molecule has 0 radical (unpaired) electrons. The van der Waals surface area contributed by atoms with E-state index in [9.17, 15) is 22.8 Å². The van der Waals surface area contributed by atoms with Gasteiger partial charge in [-0.25, -0.2) is 4.98 Å². The van der Waals surface area contributed by atoms with E-state index in [0.29, 0.717) is 10.6 Å². The van der Waals surface area contributed by atoms with Crippen molar-refractivity contribution in [3.8, 4) is 0 Å². The maximum Gasteiger partial charge on any atom is 0.416 e. The molecule has 2 N–H and O–H groups in total. The average molecular weight is 480 g/mol. The van der Waals surface area contributed by atoms with E-state index in [4.69, 9.17) is 28.9 Å². The molecule has 0 aliphatic rings. The quantitative estimate of drug-likeness (QED) is 0.222. The van der Waals surface area contributed by atoms with Crippen molar-refractivity contribution >= 4 is 52.5 Å². The second kappa shape index (κ2) is 9.42. The minimum Gasteiger partial charge on any atom is -0.365 e. The number of aromatic nitrogens is 1. The third-order valence-corrected chi connectivity index (χ3v) is 4.74. The summed E-state index contributed by atoms with van der Waals surface area (Å²) in [7, 11) is 0. The van der Waals surface area contributed by atoms with Gasteiger partial charge in [-0.05, 0) is 54.1 Å². The first-order valence-corrected chi connectivity index (χ1v) is 9.72. The zero-order valence-electron chi connectivity index (χ0n) is 16.1. The monoisotopic (exact) mass is 479 g/mol. The molecule has 0 saturated heterocycles. The normalized spacial score (nSPS) is 11.8. The van der Waals surface area contributed by atoms with Gasteiger partial charge in [-0.15, -0.1) is 0 Å². The average Bonchev–Trinajstić information content (AvgIpc) is 2.73. The van der Waals surface area contributed by atoms with Crippen molar-refractivity contribution in [1.29, 1.82) is 0 Å². The maximum absolute atomic E-state index is 13.4. The molecule has 1 aromatic heterocycles. The molecule has 0 aliphatic heterocycles. The number of hydrogen-bond donors (Lipinski definition) is 1. The van der Waals surface area contributed by atoms with Crippen molar-refractivity contribution in [1.82, 2.24) is 4.98 Å². The van der Waals surface area contributed by atoms with Crippen molar-refractivity contribution in [2.75, 3.05) is 4.90 Å². The first kappa shape index (κ1) is 23.3. The Morgan fingerprint density at radius 2 is 1.62 bits per heavy atom. The molecule has 0 saturated carbocycles. The lowest BCUT2D eigenvalue weighted by Crippen LogP contribution is -2.33. The Kier molecular flexibility index (Phi) is 6.86. The SMILES string of the molecule is NC(=O)/C(=C/c1ccc(Cl)cc1)C(=O)N(c1cccc(C(F)(F)F)c1)c1ccnc(Cl)c1. The summed E-state index contributed by atoms with van der Waals surface area (Å²) in [6, 6.07) is 12.9. The van der Waals surface area contributed by atoms with E-state index in [1.54, 1.807) is 24.3 Å². The van der Waals surface area contributed by atoms with Gasteiger partial charge in [0, 0.05) is 16.9 Å². The van der Waals surface area contributed by atoms with Crippen LogP contribution in [0.25, 0.3) is 6.08 Å². The van der Waals surface area contributed by atoms with Gasteiger partial charge in [-0.1, -0.05) is 41.4 Å². The fraction of sp³-hybridized carbons (Fsp3) is 0.0455. The Morgan fingerprint density at radius 3 is 2.22 bits per heavy atom. The number of carbonyl (C=O) groups is 2. The number of amides is 2. The molecule has 2 amide bonds. The largest absolute Gasteiger partial charge is 0.416 e. The predicted molar refractivity (Wildman–Crippen MR) is 116 cm³/mol. The topological polar surface area (TPSA) is 76.3 Å². The Hall–Kier alpha value is -3.36. The Labute approximate surface area is 190 Å². The molecular formula is C22H14Cl2F3N3O2. The number of nitrogens with zero attached hydrogens (tertiary/aromatic N) is 2. The summed E-state index contributed by atoms with van der Waals surface area (Å²) in [6.07, 6.45) is -2.14. The van der Waals surface area contributed by atoms with Crippen LogP contribution in [-0.4, -0.2) is 16.8 Å². The lowest BCUT2D eigenvalue weighted by atomic mass is 10.1. The minimum atomic E-state index is -4.65. The number of nitrogens with two attached hydrogens (primary N) is 1. The van der Waals surface area contributed by atoms with Gasteiger partial charge in [0.25, 0.3) is 11.8 Å². The highest BCUT2D eigenvalue weighted by atomic mass is 35.5. The molecule has 2 aromatic carbocycles. The van der Waals surface area contributed by atoms with Gasteiger partial charge < -0.3 is 5.73 Å². The second-order valence-corrected chi connectivity index (χ2v) is 7.32. The number of halogens is 5. The van der Waals surface area contributed by atoms with Gasteiger partial charge >= 0.3 is 6.18 Å². The van der Waals surface area contributed by atoms with Gasteiger partial charge in [0.2, 0.25) is 0 Å². The van der Waals surface area contributed by atoms with E-state index < -0.39 is 29.1 Å². The molecule has 164 valence electrons. The van der Waals surface area contributed by atoms with E-state index in [1.807, 2.05) is 0 Å². The van der Waals surface area contributed by atoms with Crippen LogP contribution in [-0.2, 0) is 15.8 Å². The molecule has 0 unspecified atom stereocenters. The highest BCUT2D eigenvalue weighted by Gasteiger charge is 2.32. The highest BCUT2D eigenvalue weighted by molar-refractivity contribution is 6.31. The van der Waals surface area contributed by atoms with Crippen LogP contribution in [0.2, 0.25) is 10.2 Å². The number of primary amides is 1. The molecular weight excluding hydrogens is 466 g/mol. The zero-order valence-corrected chi connectivity index (χ0v) is 17.6. The molecule has 3 rings (SSSR count). The highest BCUT2D eigenvalue weighted by Crippen LogP contribution is 2.35. The van der Waals surface area contributed by atoms with E-state index >= 15 is 0 Å². The smallest absolute Gasteiger partial charge is 0.365 e. The number of alkyl halides is 3. The van der Waals surface area contributed by atoms with Crippen LogP contribution in [0, 0.1) is 0 Å². The summed E-state index contributed by atoms with van der Waals surface area (Å²) in [4.78, 5) is 30.3. The molecule has 0 atom stereocenters. The zero-order chi connectivity index (χ0) is 23.5. The predicted octanol–water partition coefficient (Wildman–Crippen LogP) is 5.64. The fourth-order valence-corrected chi connectivity index (χ4v) is 3.11. The Morgan fingerprint density at radius 1 is 0.969 bits per heavy atom. The van der Waals surface area contributed by atoms with E-state index in [2.05, 4.69) is 4.98 Å². The summed E-state index contributed by atoms with van der Waals surface area (Å²) >= 11 is 11.8. The summed E-state index contributed by atoms with van der Waals surface area (Å²) in [5.74, 6) is -2.02. The van der Waals surface area contributed by atoms with Crippen LogP contribution < -0.4 is 10.6 Å². The van der Waals surface area contributed by atoms with Gasteiger partial charge in [0.05, 0.1) is 11.3 Å². The Balaban J connectivity index is 2.17. The summed E-state index contributed by atoms with van der Waals surface area (Å²) in [6.45, 7) is 0. The number of benzene rings is 2. The molecule has 0 fully saturated rings. The first-order valence-electron chi connectivity index (χ1n) is 8.96. The van der Waals surface area contributed by atoms with Gasteiger partial charge in [0.1, 0.15) is 10.7 Å². The summed E-state index contributed by atoms with van der Waals surface area (Å²) in [5.41, 5.74) is 4.39. The van der Waals surface area contributed by atoms with E-state index in [-0.39, 0.29) is 16.5 Å². The molecule has 1 heterocycles. The molecule has 10 heteroatoms. The molecule has 0 bridgehead atoms. The lowest BCUT2D eigenvalue weighted by Gasteiger charge is -2.24. The summed E-state index contributed by atoms with van der Waals surface area (Å²) < 4.78 is 39.8. The van der Waals surface area contributed by atoms with Crippen LogP contribution in [0.5, 0.6) is 0 Å². The third kappa shape index (κ3) is 5.46. The number of pyridine rings is 1. The van der Waals surface area contributed by atoms with Crippen molar-refractivity contribution in [2.24, 2.45) is 5.73 Å². The van der Waals surface area contributed by atoms with Gasteiger partial charge in [0.15, 0.2) is 0 Å². The van der Waals surface area contributed by atoms with Gasteiger partial charge in [-0.2, -0.15) is 13.2 Å². The summed E-state index contributed by atoms with van der Waals surface area (Å²) in [5, 5.41) is 0.431. The van der Waals surface area contributed by atoms with E-state index in [0.717, 1.165) is 23.1 Å². The van der Waals surface area contributed by atoms with Crippen LogP contribution in [0.3, 0.4) is 0 Å². The molecule has 32 heavy (non-hydrogen) atoms. The molecule has 3 aromatic rings. The number of anilines is 2. The van der Waals surface area contributed by atoms with Crippen molar-refractivity contribution in [3.05, 3.63) is 93.7 Å². The van der Waals surface area contributed by atoms with Crippen LogP contribution in [0.1, 0.15) is 11.1 Å². The second-order valence-electron chi connectivity index (χ2n) is 6.50. The number of rotatable bonds is 5. The molecule has 5 nitrogen and oxygen atoms in total. The molecule has 0 spiro atoms. The first-order chi connectivity index (χ1) is 15.1. The minimum absolute atomic E-state index is 0.00502. The van der Waals surface area contributed by atoms with Crippen molar-refractivity contribution in [2.45, 2.75) is 6.18 Å². The Bertz CT molecular complexity index is 1200. The maximum atomic E-state index is 13.4. The fourth-order valence-electron chi connectivity index (χ4n) is 2.82. The standard InChI is InChI=1S/C22H14Cl2F3N3O2/c23-15-6-4-13(5-7-15)10-18(20(28)31)21(32)30(17-8-9-29-19(24)12-17)16-3-1-2-14(11-16)22(25,26)27/h1-12H,(H2,28,31)/b18-10-. The van der Waals surface area contributed by atoms with E-state index in [1.165, 1.54) is 30.5 Å². The van der Waals surface area contributed by atoms with Crippen molar-refractivity contribution in [3.63, 3.8) is 0 Å². The van der Waals surface area contributed by atoms with Crippen molar-refractivity contribution < 1.29 is 22.8 Å². The van der Waals surface area contributed by atoms with Crippen LogP contribution >= 0.6 is 23.2 Å².